The van der Waals surface area contributed by atoms with E-state index in [1.807, 2.05) is 28.9 Å². The van der Waals surface area contributed by atoms with E-state index < -0.39 is 0 Å². The lowest BCUT2D eigenvalue weighted by Crippen LogP contribution is -2.21. The van der Waals surface area contributed by atoms with Crippen molar-refractivity contribution < 1.29 is 9.90 Å². The lowest BCUT2D eigenvalue weighted by Gasteiger charge is -2.11. The van der Waals surface area contributed by atoms with Crippen LogP contribution in [0.1, 0.15) is 5.69 Å². The monoisotopic (exact) mass is 422 g/mol. The van der Waals surface area contributed by atoms with Crippen molar-refractivity contribution in [2.45, 2.75) is 6.61 Å². The first-order valence-electron chi connectivity index (χ1n) is 10.4. The number of benzene rings is 4. The molecule has 0 unspecified atom stereocenters. The molecule has 1 heterocycles. The molecule has 0 radical (unpaired) electrons. The summed E-state index contributed by atoms with van der Waals surface area (Å²) in [6.45, 7) is -0.217. The van der Waals surface area contributed by atoms with Gasteiger partial charge in [0, 0.05) is 11.3 Å². The molecule has 0 atom stereocenters. The van der Waals surface area contributed by atoms with Gasteiger partial charge in [0.05, 0.1) is 30.2 Å². The minimum absolute atomic E-state index is 0.0673. The summed E-state index contributed by atoms with van der Waals surface area (Å²) in [6, 6.07) is 28.2. The number of nitrogens with one attached hydrogen (secondary N) is 1. The van der Waals surface area contributed by atoms with Gasteiger partial charge in [-0.15, -0.1) is 0 Å². The Kier molecular flexibility index (Phi) is 5.15. The second-order valence-corrected chi connectivity index (χ2v) is 7.61. The zero-order valence-corrected chi connectivity index (χ0v) is 17.3. The van der Waals surface area contributed by atoms with E-state index in [-0.39, 0.29) is 19.1 Å². The number of carbonyl (C=O) groups is 1. The maximum atomic E-state index is 11.5. The molecule has 0 aliphatic rings. The highest BCUT2D eigenvalue weighted by atomic mass is 16.3. The molecular formula is C26H22N4O2. The maximum Gasteiger partial charge on any atom is 0.238 e. The summed E-state index contributed by atoms with van der Waals surface area (Å²) in [7, 11) is 0. The van der Waals surface area contributed by atoms with Gasteiger partial charge in [0.15, 0.2) is 0 Å². The fourth-order valence-electron chi connectivity index (χ4n) is 3.98. The predicted molar refractivity (Wildman–Crippen MR) is 128 cm³/mol. The number of fused-ring (bicyclic) bond motifs is 3. The van der Waals surface area contributed by atoms with E-state index in [0.717, 1.165) is 22.3 Å². The van der Waals surface area contributed by atoms with Crippen molar-refractivity contribution in [2.75, 3.05) is 11.9 Å². The lowest BCUT2D eigenvalue weighted by atomic mass is 9.99. The van der Waals surface area contributed by atoms with Crippen LogP contribution in [-0.2, 0) is 11.4 Å². The van der Waals surface area contributed by atoms with Crippen LogP contribution in [-0.4, -0.2) is 27.3 Å². The second kappa shape index (κ2) is 8.26. The highest BCUT2D eigenvalue weighted by Gasteiger charge is 2.13. The maximum absolute atomic E-state index is 11.5. The van der Waals surface area contributed by atoms with Gasteiger partial charge < -0.3 is 16.2 Å². The highest BCUT2D eigenvalue weighted by Crippen LogP contribution is 2.31. The molecule has 0 aliphatic heterocycles. The summed E-state index contributed by atoms with van der Waals surface area (Å²) in [5.41, 5.74) is 9.31. The van der Waals surface area contributed by atoms with Crippen LogP contribution >= 0.6 is 0 Å². The van der Waals surface area contributed by atoms with E-state index in [9.17, 15) is 9.90 Å². The van der Waals surface area contributed by atoms with Crippen molar-refractivity contribution in [1.29, 1.82) is 0 Å². The molecule has 0 spiro atoms. The van der Waals surface area contributed by atoms with E-state index in [1.54, 1.807) is 12.1 Å². The minimum Gasteiger partial charge on any atom is -0.390 e. The molecule has 4 aromatic carbocycles. The first-order chi connectivity index (χ1) is 15.7. The van der Waals surface area contributed by atoms with Gasteiger partial charge in [0.1, 0.15) is 0 Å². The van der Waals surface area contributed by atoms with Crippen molar-refractivity contribution in [2.24, 2.45) is 5.73 Å². The van der Waals surface area contributed by atoms with Crippen LogP contribution in [0.25, 0.3) is 38.5 Å². The Balaban J connectivity index is 1.58. The molecule has 32 heavy (non-hydrogen) atoms. The number of carbonyl (C=O) groups excluding carboxylic acids is 1. The minimum atomic E-state index is -0.246. The first kappa shape index (κ1) is 19.9. The zero-order chi connectivity index (χ0) is 22.1. The molecule has 4 N–H and O–H groups in total. The molecule has 6 nitrogen and oxygen atoms in total. The van der Waals surface area contributed by atoms with Crippen molar-refractivity contribution >= 4 is 33.1 Å². The Morgan fingerprint density at radius 1 is 0.906 bits per heavy atom. The third-order valence-corrected chi connectivity index (χ3v) is 5.54. The van der Waals surface area contributed by atoms with Crippen LogP contribution in [0.2, 0.25) is 0 Å². The summed E-state index contributed by atoms with van der Waals surface area (Å²) in [4.78, 5) is 11.5. The van der Waals surface area contributed by atoms with Crippen LogP contribution < -0.4 is 11.1 Å². The molecule has 5 rings (SSSR count). The third-order valence-electron chi connectivity index (χ3n) is 5.54. The molecule has 0 bridgehead atoms. The summed E-state index contributed by atoms with van der Waals surface area (Å²) < 4.78 is 1.81. The fraction of sp³-hybridized carbons (Fsp3) is 0.0769. The van der Waals surface area contributed by atoms with Gasteiger partial charge in [-0.1, -0.05) is 48.5 Å². The number of amides is 1. The third kappa shape index (κ3) is 3.62. The number of aliphatic hydroxyl groups is 1. The molecule has 0 aliphatic carbocycles. The Labute approximate surface area is 184 Å². The van der Waals surface area contributed by atoms with Crippen molar-refractivity contribution in [3.63, 3.8) is 0 Å². The van der Waals surface area contributed by atoms with E-state index in [1.165, 1.54) is 16.2 Å². The molecule has 1 amide bonds. The zero-order valence-electron chi connectivity index (χ0n) is 17.3. The van der Waals surface area contributed by atoms with Crippen molar-refractivity contribution in [3.8, 4) is 16.9 Å². The second-order valence-electron chi connectivity index (χ2n) is 7.61. The molecule has 6 heteroatoms. The normalized spacial score (nSPS) is 11.2. The molecule has 0 saturated heterocycles. The smallest absolute Gasteiger partial charge is 0.238 e. The number of hydrogen-bond acceptors (Lipinski definition) is 4. The number of aromatic nitrogens is 2. The molecular weight excluding hydrogens is 400 g/mol. The van der Waals surface area contributed by atoms with Crippen molar-refractivity contribution in [1.82, 2.24) is 9.78 Å². The number of aliphatic hydroxyl groups excluding tert-OH is 1. The molecule has 158 valence electrons. The Hall–Kier alpha value is -4.00. The van der Waals surface area contributed by atoms with Crippen molar-refractivity contribution in [3.05, 3.63) is 90.6 Å². The SMILES string of the molecule is NCC(=O)Nc1ccc(-n2nc(CO)cc2-c2ccc3c(ccc4ccccc43)c2)cc1. The number of hydrogen-bond donors (Lipinski definition) is 3. The Bertz CT molecular complexity index is 1440. The van der Waals surface area contributed by atoms with Gasteiger partial charge in [0.2, 0.25) is 5.91 Å². The molecule has 0 saturated carbocycles. The quantitative estimate of drug-likeness (QED) is 0.370. The van der Waals surface area contributed by atoms with Gasteiger partial charge in [-0.25, -0.2) is 4.68 Å². The Morgan fingerprint density at radius 3 is 2.44 bits per heavy atom. The number of rotatable bonds is 5. The van der Waals surface area contributed by atoms with Crippen LogP contribution in [0, 0.1) is 0 Å². The average Bonchev–Trinajstić information content (AvgIpc) is 3.28. The van der Waals surface area contributed by atoms with E-state index in [2.05, 4.69) is 58.9 Å². The number of anilines is 1. The number of nitrogens with zero attached hydrogens (tertiary/aromatic N) is 2. The van der Waals surface area contributed by atoms with Crippen LogP contribution in [0.3, 0.4) is 0 Å². The summed E-state index contributed by atoms with van der Waals surface area (Å²) in [6.07, 6.45) is 0. The van der Waals surface area contributed by atoms with Gasteiger partial charge in [-0.3, -0.25) is 4.79 Å². The van der Waals surface area contributed by atoms with Crippen LogP contribution in [0.15, 0.2) is 84.9 Å². The standard InChI is InChI=1S/C26H22N4O2/c27-15-26(32)28-20-8-10-22(11-9-20)30-25(14-21(16-31)29-30)19-7-12-24-18(13-19)6-5-17-3-1-2-4-23(17)24/h1-14,31H,15-16,27H2,(H,28,32). The molecule has 5 aromatic rings. The Morgan fingerprint density at radius 2 is 1.66 bits per heavy atom. The average molecular weight is 422 g/mol. The first-order valence-corrected chi connectivity index (χ1v) is 10.4. The van der Waals surface area contributed by atoms with Crippen LogP contribution in [0.4, 0.5) is 5.69 Å². The number of nitrogens with two attached hydrogens (primary N) is 1. The summed E-state index contributed by atoms with van der Waals surface area (Å²) in [5.74, 6) is -0.246. The van der Waals surface area contributed by atoms with Gasteiger partial charge >= 0.3 is 0 Å². The van der Waals surface area contributed by atoms with E-state index in [0.29, 0.717) is 11.4 Å². The largest absolute Gasteiger partial charge is 0.390 e. The molecule has 0 fully saturated rings. The van der Waals surface area contributed by atoms with Gasteiger partial charge in [0.25, 0.3) is 0 Å². The van der Waals surface area contributed by atoms with Gasteiger partial charge in [-0.2, -0.15) is 5.10 Å². The van der Waals surface area contributed by atoms with Crippen LogP contribution in [0.5, 0.6) is 0 Å². The predicted octanol–water partition coefficient (Wildman–Crippen LogP) is 4.24. The molecule has 1 aromatic heterocycles. The lowest BCUT2D eigenvalue weighted by molar-refractivity contribution is -0.114. The van der Waals surface area contributed by atoms with E-state index >= 15 is 0 Å². The topological polar surface area (TPSA) is 93.2 Å². The highest BCUT2D eigenvalue weighted by molar-refractivity contribution is 6.08. The fourth-order valence-corrected chi connectivity index (χ4v) is 3.98. The van der Waals surface area contributed by atoms with Gasteiger partial charge in [-0.05, 0) is 57.9 Å². The van der Waals surface area contributed by atoms with E-state index in [4.69, 9.17) is 5.73 Å². The summed E-state index contributed by atoms with van der Waals surface area (Å²) in [5, 5.41) is 21.8. The summed E-state index contributed by atoms with van der Waals surface area (Å²) >= 11 is 0.